The fourth-order valence-corrected chi connectivity index (χ4v) is 1.92. The van der Waals surface area contributed by atoms with Crippen LogP contribution in [0.3, 0.4) is 0 Å². The highest BCUT2D eigenvalue weighted by atomic mass is 16.5. The number of nitrogens with one attached hydrogen (secondary N) is 4. The number of aliphatic hydroxyl groups excluding tert-OH is 2. The van der Waals surface area contributed by atoms with E-state index >= 15 is 0 Å². The molecule has 136 valence electrons. The third kappa shape index (κ3) is 7.83. The first-order valence-corrected chi connectivity index (χ1v) is 7.31. The molecule has 0 amide bonds. The molecule has 0 aromatic heterocycles. The van der Waals surface area contributed by atoms with E-state index in [1.165, 1.54) is 0 Å². The van der Waals surface area contributed by atoms with Gasteiger partial charge in [-0.25, -0.2) is 10.3 Å². The van der Waals surface area contributed by atoms with Gasteiger partial charge in [-0.15, -0.1) is 0 Å². The Hall–Kier alpha value is -1.09. The number of guanidine groups is 1. The van der Waals surface area contributed by atoms with Crippen LogP contribution in [-0.4, -0.2) is 80.7 Å². The van der Waals surface area contributed by atoms with Crippen molar-refractivity contribution in [1.29, 1.82) is 0 Å². The highest BCUT2D eigenvalue weighted by molar-refractivity contribution is 5.79. The summed E-state index contributed by atoms with van der Waals surface area (Å²) in [5.74, 6) is -2.62. The van der Waals surface area contributed by atoms with Crippen LogP contribution >= 0.6 is 0 Å². The molecule has 2 atom stereocenters. The molecule has 0 aliphatic carbocycles. The van der Waals surface area contributed by atoms with E-state index in [-0.39, 0.29) is 32.4 Å². The van der Waals surface area contributed by atoms with Crippen molar-refractivity contribution in [2.75, 3.05) is 52.7 Å². The van der Waals surface area contributed by atoms with Crippen LogP contribution in [0.2, 0.25) is 0 Å². The summed E-state index contributed by atoms with van der Waals surface area (Å²) in [7, 11) is 0. The standard InChI is InChI=1S/C11H28N8O4/c12-9-17-10(13,15-1-5-22-7-3-20)19-11(14,18-9)16-2-6-23-8-4-21/h15-16,19-21H,1-8,13-14H2,(H3,12,17,18). The van der Waals surface area contributed by atoms with Gasteiger partial charge in [-0.3, -0.25) is 22.1 Å². The fourth-order valence-electron chi connectivity index (χ4n) is 1.92. The summed E-state index contributed by atoms with van der Waals surface area (Å²) in [4.78, 5) is 4.03. The number of aliphatic imine (C=N–C) groups is 1. The molecule has 12 N–H and O–H groups in total. The Bertz CT molecular complexity index is 374. The van der Waals surface area contributed by atoms with Gasteiger partial charge in [0.2, 0.25) is 11.8 Å². The van der Waals surface area contributed by atoms with Gasteiger partial charge in [0.05, 0.1) is 39.6 Å². The first-order valence-electron chi connectivity index (χ1n) is 7.31. The predicted molar refractivity (Wildman–Crippen MR) is 83.5 cm³/mol. The van der Waals surface area contributed by atoms with E-state index in [4.69, 9.17) is 36.9 Å². The van der Waals surface area contributed by atoms with Crippen LogP contribution in [0.4, 0.5) is 0 Å². The van der Waals surface area contributed by atoms with Gasteiger partial charge in [0.15, 0.2) is 5.96 Å². The number of ether oxygens (including phenoxy) is 2. The molecular weight excluding hydrogens is 308 g/mol. The molecule has 0 bridgehead atoms. The fraction of sp³-hybridized carbons (Fsp3) is 0.909. The Labute approximate surface area is 134 Å². The Balaban J connectivity index is 2.43. The van der Waals surface area contributed by atoms with Crippen molar-refractivity contribution in [1.82, 2.24) is 21.3 Å². The van der Waals surface area contributed by atoms with E-state index < -0.39 is 11.8 Å². The van der Waals surface area contributed by atoms with Crippen LogP contribution in [0.15, 0.2) is 4.99 Å². The quantitative estimate of drug-likeness (QED) is 0.122. The van der Waals surface area contributed by atoms with Crippen molar-refractivity contribution in [3.63, 3.8) is 0 Å². The molecule has 1 rings (SSSR count). The summed E-state index contributed by atoms with van der Waals surface area (Å²) >= 11 is 0. The molecule has 0 aromatic carbocycles. The maximum absolute atomic E-state index is 8.63. The summed E-state index contributed by atoms with van der Waals surface area (Å²) in [6.07, 6.45) is 0. The Morgan fingerprint density at radius 3 is 2.13 bits per heavy atom. The maximum atomic E-state index is 8.63. The minimum atomic E-state index is -1.38. The second kappa shape index (κ2) is 9.92. The Kier molecular flexibility index (Phi) is 8.60. The molecule has 1 heterocycles. The zero-order chi connectivity index (χ0) is 17.2. The number of aliphatic hydroxyl groups is 2. The average Bonchev–Trinajstić information content (AvgIpc) is 2.45. The van der Waals surface area contributed by atoms with E-state index in [1.807, 2.05) is 0 Å². The molecule has 0 saturated carbocycles. The van der Waals surface area contributed by atoms with Gasteiger partial charge in [-0.1, -0.05) is 0 Å². The summed E-state index contributed by atoms with van der Waals surface area (Å²) in [5.41, 5.74) is 17.9. The Morgan fingerprint density at radius 2 is 1.57 bits per heavy atom. The first kappa shape index (κ1) is 20.0. The minimum absolute atomic E-state index is 0.0436. The van der Waals surface area contributed by atoms with E-state index in [0.29, 0.717) is 26.3 Å². The van der Waals surface area contributed by atoms with E-state index in [0.717, 1.165) is 0 Å². The van der Waals surface area contributed by atoms with Gasteiger partial charge >= 0.3 is 0 Å². The molecule has 0 aromatic rings. The monoisotopic (exact) mass is 336 g/mol. The van der Waals surface area contributed by atoms with Crippen LogP contribution in [0.5, 0.6) is 0 Å². The number of nitrogens with two attached hydrogens (primary N) is 3. The maximum Gasteiger partial charge on any atom is 0.227 e. The van der Waals surface area contributed by atoms with Crippen molar-refractivity contribution in [2.45, 2.75) is 11.8 Å². The molecule has 23 heavy (non-hydrogen) atoms. The summed E-state index contributed by atoms with van der Waals surface area (Å²) in [5, 5.41) is 28.7. The second-order valence-corrected chi connectivity index (χ2v) is 4.85. The molecule has 0 radical (unpaired) electrons. The van der Waals surface area contributed by atoms with Crippen LogP contribution in [0.25, 0.3) is 0 Å². The van der Waals surface area contributed by atoms with Crippen LogP contribution in [0.1, 0.15) is 0 Å². The molecular formula is C11H28N8O4. The number of nitrogens with zero attached hydrogens (tertiary/aromatic N) is 1. The highest BCUT2D eigenvalue weighted by Gasteiger charge is 2.39. The lowest BCUT2D eigenvalue weighted by molar-refractivity contribution is 0.0644. The van der Waals surface area contributed by atoms with Crippen molar-refractivity contribution in [2.24, 2.45) is 22.2 Å². The molecule has 1 aliphatic heterocycles. The summed E-state index contributed by atoms with van der Waals surface area (Å²) in [6, 6.07) is 0. The number of hydrogen-bond acceptors (Lipinski definition) is 12. The largest absolute Gasteiger partial charge is 0.394 e. The summed E-state index contributed by atoms with van der Waals surface area (Å²) in [6.45, 7) is 1.85. The third-order valence-electron chi connectivity index (χ3n) is 2.77. The molecule has 0 saturated heterocycles. The summed E-state index contributed by atoms with van der Waals surface area (Å²) < 4.78 is 10.3. The number of hydrogen-bond donors (Lipinski definition) is 9. The normalized spacial score (nSPS) is 27.6. The predicted octanol–water partition coefficient (Wildman–Crippen LogP) is -5.17. The SMILES string of the molecule is NC1=NC(N)(NCCOCCO)NC(N)(NCCOCCO)N1. The van der Waals surface area contributed by atoms with E-state index in [2.05, 4.69) is 26.3 Å². The van der Waals surface area contributed by atoms with E-state index in [9.17, 15) is 0 Å². The van der Waals surface area contributed by atoms with Crippen molar-refractivity contribution < 1.29 is 19.7 Å². The van der Waals surface area contributed by atoms with Gasteiger partial charge in [-0.05, 0) is 0 Å². The third-order valence-corrected chi connectivity index (χ3v) is 2.77. The van der Waals surface area contributed by atoms with Crippen LogP contribution in [-0.2, 0) is 9.47 Å². The molecule has 0 fully saturated rings. The van der Waals surface area contributed by atoms with Gasteiger partial charge in [0, 0.05) is 13.1 Å². The van der Waals surface area contributed by atoms with E-state index in [1.54, 1.807) is 0 Å². The van der Waals surface area contributed by atoms with Crippen molar-refractivity contribution in [3.05, 3.63) is 0 Å². The minimum Gasteiger partial charge on any atom is -0.394 e. The Morgan fingerprint density at radius 1 is 1.00 bits per heavy atom. The lowest BCUT2D eigenvalue weighted by atomic mass is 10.4. The van der Waals surface area contributed by atoms with Gasteiger partial charge in [0.1, 0.15) is 0 Å². The zero-order valence-corrected chi connectivity index (χ0v) is 13.0. The van der Waals surface area contributed by atoms with Gasteiger partial charge in [-0.2, -0.15) is 0 Å². The highest BCUT2D eigenvalue weighted by Crippen LogP contribution is 2.03. The van der Waals surface area contributed by atoms with Gasteiger partial charge < -0.3 is 30.7 Å². The molecule has 1 aliphatic rings. The van der Waals surface area contributed by atoms with Crippen molar-refractivity contribution in [3.8, 4) is 0 Å². The smallest absolute Gasteiger partial charge is 0.227 e. The lowest BCUT2D eigenvalue weighted by Crippen LogP contribution is -2.85. The molecule has 12 heteroatoms. The average molecular weight is 336 g/mol. The van der Waals surface area contributed by atoms with Crippen LogP contribution in [0, 0.1) is 0 Å². The van der Waals surface area contributed by atoms with Crippen LogP contribution < -0.4 is 38.5 Å². The van der Waals surface area contributed by atoms with Gasteiger partial charge in [0.25, 0.3) is 0 Å². The molecule has 12 nitrogen and oxygen atoms in total. The molecule has 2 unspecified atom stereocenters. The first-order chi connectivity index (χ1) is 10.9. The topological polar surface area (TPSA) is 197 Å². The molecule has 0 spiro atoms. The second-order valence-electron chi connectivity index (χ2n) is 4.85. The lowest BCUT2D eigenvalue weighted by Gasteiger charge is -2.43. The van der Waals surface area contributed by atoms with Crippen molar-refractivity contribution >= 4 is 5.96 Å². The zero-order valence-electron chi connectivity index (χ0n) is 13.0. The number of rotatable bonds is 12.